The predicted octanol–water partition coefficient (Wildman–Crippen LogP) is 2.58. The van der Waals surface area contributed by atoms with Crippen molar-refractivity contribution in [1.29, 1.82) is 0 Å². The first-order valence-corrected chi connectivity index (χ1v) is 9.35. The Balaban J connectivity index is 1.64. The van der Waals surface area contributed by atoms with Gasteiger partial charge in [0.2, 0.25) is 6.10 Å². The van der Waals surface area contributed by atoms with Gasteiger partial charge in [0.25, 0.3) is 5.91 Å². The molecule has 0 N–H and O–H groups in total. The maximum atomic E-state index is 13.3. The summed E-state index contributed by atoms with van der Waals surface area (Å²) in [6.07, 6.45) is -0.554. The first-order valence-electron chi connectivity index (χ1n) is 8.47. The summed E-state index contributed by atoms with van der Waals surface area (Å²) in [5.41, 5.74) is 0.839. The van der Waals surface area contributed by atoms with Crippen LogP contribution in [0.15, 0.2) is 35.7 Å². The van der Waals surface area contributed by atoms with Crippen LogP contribution in [0.5, 0.6) is 11.5 Å². The molecule has 4 rings (SSSR count). The third-order valence-electron chi connectivity index (χ3n) is 4.76. The summed E-state index contributed by atoms with van der Waals surface area (Å²) in [7, 11) is 1.34. The Kier molecular flexibility index (Phi) is 4.32. The van der Waals surface area contributed by atoms with E-state index >= 15 is 0 Å². The van der Waals surface area contributed by atoms with Gasteiger partial charge in [-0.2, -0.15) is 0 Å². The lowest BCUT2D eigenvalue weighted by atomic mass is 9.98. The molecule has 26 heavy (non-hydrogen) atoms. The highest BCUT2D eigenvalue weighted by Crippen LogP contribution is 2.37. The molecule has 6 nitrogen and oxygen atoms in total. The van der Waals surface area contributed by atoms with Gasteiger partial charge in [0.05, 0.1) is 7.11 Å². The van der Waals surface area contributed by atoms with Gasteiger partial charge in [0.1, 0.15) is 6.10 Å². The van der Waals surface area contributed by atoms with E-state index in [1.807, 2.05) is 29.6 Å². The van der Waals surface area contributed by atoms with E-state index in [0.717, 1.165) is 10.4 Å². The van der Waals surface area contributed by atoms with E-state index in [1.165, 1.54) is 7.11 Å². The number of para-hydroxylation sites is 2. The summed E-state index contributed by atoms with van der Waals surface area (Å²) >= 11 is 1.60. The van der Waals surface area contributed by atoms with Crippen LogP contribution in [0.1, 0.15) is 23.4 Å². The van der Waals surface area contributed by atoms with E-state index in [4.69, 9.17) is 14.2 Å². The molecule has 0 unspecified atom stereocenters. The second-order valence-electron chi connectivity index (χ2n) is 6.31. The van der Waals surface area contributed by atoms with Crippen molar-refractivity contribution >= 4 is 23.2 Å². The fourth-order valence-electron chi connectivity index (χ4n) is 3.47. The number of carbonyl (C=O) groups excluding carboxylic acids is 2. The van der Waals surface area contributed by atoms with E-state index in [9.17, 15) is 9.59 Å². The van der Waals surface area contributed by atoms with Crippen LogP contribution in [-0.4, -0.2) is 42.6 Å². The molecule has 1 aromatic carbocycles. The number of hydrogen-bond acceptors (Lipinski definition) is 6. The van der Waals surface area contributed by atoms with E-state index in [0.29, 0.717) is 24.5 Å². The molecule has 1 amide bonds. The first kappa shape index (κ1) is 16.9. The lowest BCUT2D eigenvalue weighted by Gasteiger charge is -2.39. The Morgan fingerprint density at radius 2 is 1.92 bits per heavy atom. The Morgan fingerprint density at radius 3 is 2.65 bits per heavy atom. The lowest BCUT2D eigenvalue weighted by Crippen LogP contribution is -2.54. The van der Waals surface area contributed by atoms with Crippen LogP contribution in [0.25, 0.3) is 0 Å². The fraction of sp³-hybridized carbons (Fsp3) is 0.368. The van der Waals surface area contributed by atoms with Crippen LogP contribution in [0, 0.1) is 0 Å². The van der Waals surface area contributed by atoms with Crippen molar-refractivity contribution in [3.8, 4) is 11.5 Å². The van der Waals surface area contributed by atoms with Crippen LogP contribution in [0.2, 0.25) is 0 Å². The zero-order valence-corrected chi connectivity index (χ0v) is 15.3. The molecule has 0 spiro atoms. The SMILES string of the molecule is COC(=O)[C@H]1c2ccsc2CCN1C(=O)[C@@H]1Oc2ccccc2O[C@@H]1C. The lowest BCUT2D eigenvalue weighted by molar-refractivity contribution is -0.159. The Bertz CT molecular complexity index is 848. The molecule has 7 heteroatoms. The van der Waals surface area contributed by atoms with Gasteiger partial charge in [0, 0.05) is 11.4 Å². The van der Waals surface area contributed by atoms with Crippen molar-refractivity contribution in [2.45, 2.75) is 31.6 Å². The highest BCUT2D eigenvalue weighted by Gasteiger charge is 2.43. The van der Waals surface area contributed by atoms with E-state index in [2.05, 4.69) is 0 Å². The predicted molar refractivity (Wildman–Crippen MR) is 95.4 cm³/mol. The number of fused-ring (bicyclic) bond motifs is 2. The Morgan fingerprint density at radius 1 is 1.19 bits per heavy atom. The van der Waals surface area contributed by atoms with Gasteiger partial charge < -0.3 is 19.1 Å². The third kappa shape index (κ3) is 2.72. The van der Waals surface area contributed by atoms with Crippen molar-refractivity contribution in [3.63, 3.8) is 0 Å². The number of ether oxygens (including phenoxy) is 3. The summed E-state index contributed by atoms with van der Waals surface area (Å²) in [6.45, 7) is 2.24. The van der Waals surface area contributed by atoms with Crippen molar-refractivity contribution < 1.29 is 23.8 Å². The number of hydrogen-bond donors (Lipinski definition) is 0. The van der Waals surface area contributed by atoms with Gasteiger partial charge in [-0.25, -0.2) is 4.79 Å². The average molecular weight is 373 g/mol. The molecule has 0 saturated heterocycles. The summed E-state index contributed by atoms with van der Waals surface area (Å²) < 4.78 is 16.7. The molecule has 0 fully saturated rings. The zero-order chi connectivity index (χ0) is 18.3. The van der Waals surface area contributed by atoms with E-state index in [-0.39, 0.29) is 5.91 Å². The number of nitrogens with zero attached hydrogens (tertiary/aromatic N) is 1. The molecule has 2 aliphatic rings. The van der Waals surface area contributed by atoms with Crippen molar-refractivity contribution in [3.05, 3.63) is 46.2 Å². The van der Waals surface area contributed by atoms with Crippen molar-refractivity contribution in [2.24, 2.45) is 0 Å². The molecule has 3 atom stereocenters. The second kappa shape index (κ2) is 6.64. The van der Waals surface area contributed by atoms with Gasteiger partial charge in [0.15, 0.2) is 17.5 Å². The first-order chi connectivity index (χ1) is 12.6. The maximum Gasteiger partial charge on any atom is 0.333 e. The van der Waals surface area contributed by atoms with Crippen LogP contribution in [-0.2, 0) is 20.7 Å². The molecule has 2 aromatic rings. The minimum absolute atomic E-state index is 0.265. The van der Waals surface area contributed by atoms with Gasteiger partial charge in [-0.1, -0.05) is 12.1 Å². The number of rotatable bonds is 2. The molecular weight excluding hydrogens is 354 g/mol. The topological polar surface area (TPSA) is 65.1 Å². The van der Waals surface area contributed by atoms with Crippen LogP contribution in [0.4, 0.5) is 0 Å². The smallest absolute Gasteiger partial charge is 0.333 e. The standard InChI is InChI=1S/C19H19NO5S/c1-11-17(25-14-6-4-3-5-13(14)24-11)18(21)20-9-7-15-12(8-10-26-15)16(20)19(22)23-2/h3-6,8,10-11,16-17H,7,9H2,1-2H3/t11-,16-,17-/m1/s1. The number of benzene rings is 1. The maximum absolute atomic E-state index is 13.3. The van der Waals surface area contributed by atoms with E-state index in [1.54, 1.807) is 29.2 Å². The molecule has 136 valence electrons. The van der Waals surface area contributed by atoms with Crippen LogP contribution in [0.3, 0.4) is 0 Å². The fourth-order valence-corrected chi connectivity index (χ4v) is 4.38. The number of methoxy groups -OCH3 is 1. The Hall–Kier alpha value is -2.54. The number of thiophene rings is 1. The molecule has 0 aliphatic carbocycles. The van der Waals surface area contributed by atoms with Crippen molar-refractivity contribution in [2.75, 3.05) is 13.7 Å². The summed E-state index contributed by atoms with van der Waals surface area (Å²) in [5, 5.41) is 1.94. The molecule has 0 saturated carbocycles. The third-order valence-corrected chi connectivity index (χ3v) is 5.76. The number of esters is 1. The highest BCUT2D eigenvalue weighted by atomic mass is 32.1. The summed E-state index contributed by atoms with van der Waals surface area (Å²) in [5.74, 6) is 0.445. The summed E-state index contributed by atoms with van der Waals surface area (Å²) in [4.78, 5) is 28.3. The largest absolute Gasteiger partial charge is 0.482 e. The molecule has 3 heterocycles. The Labute approximate surface area is 155 Å². The molecule has 0 bridgehead atoms. The minimum atomic E-state index is -0.808. The van der Waals surface area contributed by atoms with Crippen LogP contribution >= 0.6 is 11.3 Å². The monoisotopic (exact) mass is 373 g/mol. The average Bonchev–Trinajstić information content (AvgIpc) is 3.14. The zero-order valence-electron chi connectivity index (χ0n) is 14.5. The van der Waals surface area contributed by atoms with Gasteiger partial charge >= 0.3 is 5.97 Å². The quantitative estimate of drug-likeness (QED) is 0.757. The van der Waals surface area contributed by atoms with Gasteiger partial charge in [-0.3, -0.25) is 4.79 Å². The highest BCUT2D eigenvalue weighted by molar-refractivity contribution is 7.10. The van der Waals surface area contributed by atoms with Crippen LogP contribution < -0.4 is 9.47 Å². The van der Waals surface area contributed by atoms with Crippen molar-refractivity contribution in [1.82, 2.24) is 4.90 Å². The minimum Gasteiger partial charge on any atom is -0.482 e. The number of carbonyl (C=O) groups is 2. The molecule has 1 aromatic heterocycles. The molecular formula is C19H19NO5S. The number of amides is 1. The summed E-state index contributed by atoms with van der Waals surface area (Å²) in [6, 6.07) is 8.41. The normalized spacial score (nSPS) is 23.9. The molecule has 0 radical (unpaired) electrons. The molecule has 2 aliphatic heterocycles. The van der Waals surface area contributed by atoms with Gasteiger partial charge in [-0.15, -0.1) is 11.3 Å². The van der Waals surface area contributed by atoms with E-state index < -0.39 is 24.2 Å². The van der Waals surface area contributed by atoms with Gasteiger partial charge in [-0.05, 0) is 42.5 Å². The second-order valence-corrected chi connectivity index (χ2v) is 7.32.